The van der Waals surface area contributed by atoms with Gasteiger partial charge in [0.25, 0.3) is 5.56 Å². The SMILES string of the molecule is COc1cc(CNC(=O)C2CSc3nc(C(C)(C)C)cc(=O)n3C2)cc(OC)c1OC. The van der Waals surface area contributed by atoms with Crippen molar-refractivity contribution >= 4 is 17.7 Å². The van der Waals surface area contributed by atoms with E-state index in [-0.39, 0.29) is 22.8 Å². The lowest BCUT2D eigenvalue weighted by molar-refractivity contribution is -0.125. The van der Waals surface area contributed by atoms with Crippen LogP contribution in [0.25, 0.3) is 0 Å². The summed E-state index contributed by atoms with van der Waals surface area (Å²) in [6.45, 7) is 6.70. The van der Waals surface area contributed by atoms with E-state index in [2.05, 4.69) is 10.3 Å². The van der Waals surface area contributed by atoms with Gasteiger partial charge in [0.15, 0.2) is 16.7 Å². The van der Waals surface area contributed by atoms with Crippen molar-refractivity contribution in [3.8, 4) is 17.2 Å². The van der Waals surface area contributed by atoms with Crippen LogP contribution in [0.1, 0.15) is 32.0 Å². The monoisotopic (exact) mass is 447 g/mol. The molecule has 0 spiro atoms. The number of hydrogen-bond donors (Lipinski definition) is 1. The van der Waals surface area contributed by atoms with Crippen LogP contribution < -0.4 is 25.1 Å². The molecule has 1 aliphatic heterocycles. The van der Waals surface area contributed by atoms with Crippen molar-refractivity contribution < 1.29 is 19.0 Å². The van der Waals surface area contributed by atoms with Gasteiger partial charge in [0.1, 0.15) is 0 Å². The van der Waals surface area contributed by atoms with E-state index in [0.29, 0.717) is 41.2 Å². The van der Waals surface area contributed by atoms with Crippen LogP contribution in [0.4, 0.5) is 0 Å². The van der Waals surface area contributed by atoms with Gasteiger partial charge in [0.05, 0.1) is 32.9 Å². The lowest BCUT2D eigenvalue weighted by atomic mass is 9.92. The quantitative estimate of drug-likeness (QED) is 0.681. The second kappa shape index (κ2) is 9.21. The van der Waals surface area contributed by atoms with Crippen molar-refractivity contribution in [2.45, 2.75) is 44.4 Å². The van der Waals surface area contributed by atoms with E-state index >= 15 is 0 Å². The van der Waals surface area contributed by atoms with E-state index in [1.807, 2.05) is 20.8 Å². The van der Waals surface area contributed by atoms with Crippen molar-refractivity contribution in [3.05, 3.63) is 39.8 Å². The summed E-state index contributed by atoms with van der Waals surface area (Å²) in [6.07, 6.45) is 0. The standard InChI is InChI=1S/C22H29N3O5S/c1-22(2,3)17-9-18(26)25-11-14(12-31-21(25)24-17)20(27)23-10-13-7-15(28-4)19(30-6)16(8-13)29-5/h7-9,14H,10-12H2,1-6H3,(H,23,27). The normalized spacial score (nSPS) is 15.7. The Morgan fingerprint density at radius 1 is 1.16 bits per heavy atom. The second-order valence-corrected chi connectivity index (χ2v) is 9.37. The van der Waals surface area contributed by atoms with Crippen molar-refractivity contribution in [2.24, 2.45) is 5.92 Å². The second-order valence-electron chi connectivity index (χ2n) is 8.38. The highest BCUT2D eigenvalue weighted by molar-refractivity contribution is 7.99. The number of aromatic nitrogens is 2. The van der Waals surface area contributed by atoms with Gasteiger partial charge in [-0.25, -0.2) is 4.98 Å². The van der Waals surface area contributed by atoms with Gasteiger partial charge in [-0.1, -0.05) is 32.5 Å². The number of fused-ring (bicyclic) bond motifs is 1. The fourth-order valence-corrected chi connectivity index (χ4v) is 4.42. The molecule has 0 saturated heterocycles. The Bertz CT molecular complexity index is 1000. The molecule has 31 heavy (non-hydrogen) atoms. The minimum Gasteiger partial charge on any atom is -0.493 e. The highest BCUT2D eigenvalue weighted by Crippen LogP contribution is 2.38. The van der Waals surface area contributed by atoms with Gasteiger partial charge in [-0.15, -0.1) is 0 Å². The molecule has 0 radical (unpaired) electrons. The van der Waals surface area contributed by atoms with Crippen LogP contribution >= 0.6 is 11.8 Å². The van der Waals surface area contributed by atoms with Crippen molar-refractivity contribution in [2.75, 3.05) is 27.1 Å². The van der Waals surface area contributed by atoms with Gasteiger partial charge in [-0.05, 0) is 17.7 Å². The topological polar surface area (TPSA) is 91.7 Å². The summed E-state index contributed by atoms with van der Waals surface area (Å²) in [5.41, 5.74) is 1.26. The first-order valence-electron chi connectivity index (χ1n) is 9.99. The van der Waals surface area contributed by atoms with Crippen LogP contribution in [0.3, 0.4) is 0 Å². The average Bonchev–Trinajstić information content (AvgIpc) is 2.75. The molecule has 2 aromatic rings. The van der Waals surface area contributed by atoms with Crippen LogP contribution in [-0.2, 0) is 23.3 Å². The fraction of sp³-hybridized carbons (Fsp3) is 0.500. The number of carbonyl (C=O) groups is 1. The lowest BCUT2D eigenvalue weighted by Crippen LogP contribution is -2.40. The molecule has 9 heteroatoms. The molecule has 1 unspecified atom stereocenters. The average molecular weight is 448 g/mol. The summed E-state index contributed by atoms with van der Waals surface area (Å²) < 4.78 is 17.6. The third-order valence-corrected chi connectivity index (χ3v) is 6.26. The molecule has 1 aliphatic rings. The molecule has 0 aliphatic carbocycles. The Morgan fingerprint density at radius 3 is 2.35 bits per heavy atom. The van der Waals surface area contributed by atoms with Crippen LogP contribution in [0, 0.1) is 5.92 Å². The summed E-state index contributed by atoms with van der Waals surface area (Å²) in [6, 6.07) is 5.17. The molecule has 1 aromatic heterocycles. The summed E-state index contributed by atoms with van der Waals surface area (Å²) >= 11 is 1.44. The van der Waals surface area contributed by atoms with Crippen molar-refractivity contribution in [3.63, 3.8) is 0 Å². The number of methoxy groups -OCH3 is 3. The molecule has 1 amide bonds. The highest BCUT2D eigenvalue weighted by atomic mass is 32.2. The number of benzene rings is 1. The maximum absolute atomic E-state index is 12.8. The number of hydrogen-bond acceptors (Lipinski definition) is 7. The Balaban J connectivity index is 1.72. The zero-order chi connectivity index (χ0) is 22.8. The minimum absolute atomic E-state index is 0.112. The van der Waals surface area contributed by atoms with Crippen molar-refractivity contribution in [1.29, 1.82) is 0 Å². The highest BCUT2D eigenvalue weighted by Gasteiger charge is 2.28. The number of ether oxygens (including phenoxy) is 3. The predicted molar refractivity (Wildman–Crippen MR) is 119 cm³/mol. The maximum Gasteiger partial charge on any atom is 0.254 e. The largest absolute Gasteiger partial charge is 0.493 e. The van der Waals surface area contributed by atoms with E-state index in [4.69, 9.17) is 14.2 Å². The first kappa shape index (κ1) is 23.0. The van der Waals surface area contributed by atoms with E-state index in [1.54, 1.807) is 44.1 Å². The van der Waals surface area contributed by atoms with Gasteiger partial charge >= 0.3 is 0 Å². The molecular formula is C22H29N3O5S. The number of nitrogens with zero attached hydrogens (tertiary/aromatic N) is 2. The van der Waals surface area contributed by atoms with Gasteiger partial charge in [-0.3, -0.25) is 14.2 Å². The van der Waals surface area contributed by atoms with Gasteiger partial charge in [0.2, 0.25) is 11.7 Å². The molecule has 1 aromatic carbocycles. The van der Waals surface area contributed by atoms with Crippen LogP contribution in [0.5, 0.6) is 17.2 Å². The molecule has 0 saturated carbocycles. The third kappa shape index (κ3) is 4.98. The molecule has 1 N–H and O–H groups in total. The summed E-state index contributed by atoms with van der Waals surface area (Å²) in [7, 11) is 4.64. The summed E-state index contributed by atoms with van der Waals surface area (Å²) in [5.74, 6) is 1.70. The molecule has 168 valence electrons. The molecule has 3 rings (SSSR count). The molecule has 0 bridgehead atoms. The van der Waals surface area contributed by atoms with Gasteiger partial charge in [-0.2, -0.15) is 0 Å². The maximum atomic E-state index is 12.8. The van der Waals surface area contributed by atoms with Gasteiger partial charge in [0, 0.05) is 30.3 Å². The van der Waals surface area contributed by atoms with E-state index in [9.17, 15) is 9.59 Å². The van der Waals surface area contributed by atoms with Crippen LogP contribution in [-0.4, -0.2) is 42.5 Å². The molecule has 0 fully saturated rings. The Kier molecular flexibility index (Phi) is 6.83. The zero-order valence-electron chi connectivity index (χ0n) is 18.8. The number of carbonyl (C=O) groups excluding carboxylic acids is 1. The Labute approximate surface area is 186 Å². The number of amides is 1. The Hall–Kier alpha value is -2.68. The first-order chi connectivity index (χ1) is 14.7. The summed E-state index contributed by atoms with van der Waals surface area (Å²) in [5, 5.41) is 3.63. The summed E-state index contributed by atoms with van der Waals surface area (Å²) in [4.78, 5) is 30.1. The van der Waals surface area contributed by atoms with Crippen LogP contribution in [0.2, 0.25) is 0 Å². The van der Waals surface area contributed by atoms with Gasteiger partial charge < -0.3 is 19.5 Å². The molecular weight excluding hydrogens is 418 g/mol. The first-order valence-corrected chi connectivity index (χ1v) is 11.0. The number of thioether (sulfide) groups is 1. The van der Waals surface area contributed by atoms with Crippen molar-refractivity contribution in [1.82, 2.24) is 14.9 Å². The Morgan fingerprint density at radius 2 is 1.81 bits per heavy atom. The third-order valence-electron chi connectivity index (χ3n) is 5.12. The lowest BCUT2D eigenvalue weighted by Gasteiger charge is -2.26. The van der Waals surface area contributed by atoms with E-state index in [0.717, 1.165) is 11.3 Å². The predicted octanol–water partition coefficient (Wildman–Crippen LogP) is 2.60. The zero-order valence-corrected chi connectivity index (χ0v) is 19.6. The molecule has 8 nitrogen and oxygen atoms in total. The van der Waals surface area contributed by atoms with E-state index < -0.39 is 0 Å². The number of nitrogens with one attached hydrogen (secondary N) is 1. The minimum atomic E-state index is -0.320. The number of rotatable bonds is 6. The smallest absolute Gasteiger partial charge is 0.254 e. The molecule has 2 heterocycles. The van der Waals surface area contributed by atoms with E-state index in [1.165, 1.54) is 11.8 Å². The van der Waals surface area contributed by atoms with Crippen LogP contribution in [0.15, 0.2) is 28.2 Å². The molecule has 1 atom stereocenters. The fourth-order valence-electron chi connectivity index (χ4n) is 3.33.